The molecule has 1 aromatic heterocycles. The maximum atomic E-state index is 12.0. The molecule has 1 heterocycles. The van der Waals surface area contributed by atoms with E-state index in [9.17, 15) is 4.79 Å². The van der Waals surface area contributed by atoms with Gasteiger partial charge in [-0.2, -0.15) is 0 Å². The zero-order valence-electron chi connectivity index (χ0n) is 11.5. The summed E-state index contributed by atoms with van der Waals surface area (Å²) in [5, 5.41) is 5.77. The van der Waals surface area contributed by atoms with Crippen molar-refractivity contribution < 1.29 is 9.53 Å². The van der Waals surface area contributed by atoms with Crippen LogP contribution in [0.4, 0.5) is 5.82 Å². The standard InChI is InChI=1S/C15H17N3O2/c1-16-14-9-12(7-8-17-14)15(19)18-10-11-3-5-13(20-2)6-4-11/h3-9H,10H2,1-2H3,(H,16,17)(H,18,19). The Bertz CT molecular complexity index is 582. The molecule has 2 N–H and O–H groups in total. The second-order valence-electron chi connectivity index (χ2n) is 4.21. The summed E-state index contributed by atoms with van der Waals surface area (Å²) in [5.41, 5.74) is 1.60. The van der Waals surface area contributed by atoms with Gasteiger partial charge in [0.05, 0.1) is 7.11 Å². The molecule has 0 saturated heterocycles. The van der Waals surface area contributed by atoms with Gasteiger partial charge in [-0.25, -0.2) is 4.98 Å². The highest BCUT2D eigenvalue weighted by atomic mass is 16.5. The average Bonchev–Trinajstić information content (AvgIpc) is 2.53. The quantitative estimate of drug-likeness (QED) is 0.873. The molecule has 1 amide bonds. The number of nitrogens with zero attached hydrogens (tertiary/aromatic N) is 1. The van der Waals surface area contributed by atoms with Crippen molar-refractivity contribution >= 4 is 11.7 Å². The van der Waals surface area contributed by atoms with Crippen molar-refractivity contribution in [1.82, 2.24) is 10.3 Å². The number of amides is 1. The largest absolute Gasteiger partial charge is 0.497 e. The zero-order valence-corrected chi connectivity index (χ0v) is 11.5. The van der Waals surface area contributed by atoms with Crippen LogP contribution >= 0.6 is 0 Å². The minimum Gasteiger partial charge on any atom is -0.497 e. The fourth-order valence-corrected chi connectivity index (χ4v) is 1.74. The maximum absolute atomic E-state index is 12.0. The van der Waals surface area contributed by atoms with Crippen LogP contribution in [-0.2, 0) is 6.54 Å². The second kappa shape index (κ2) is 6.56. The number of hydrogen-bond acceptors (Lipinski definition) is 4. The molecular formula is C15H17N3O2. The van der Waals surface area contributed by atoms with Gasteiger partial charge >= 0.3 is 0 Å². The molecule has 5 heteroatoms. The van der Waals surface area contributed by atoms with Gasteiger partial charge in [-0.3, -0.25) is 4.79 Å². The van der Waals surface area contributed by atoms with Gasteiger partial charge in [0.25, 0.3) is 5.91 Å². The summed E-state index contributed by atoms with van der Waals surface area (Å²) in [4.78, 5) is 16.1. The first-order valence-corrected chi connectivity index (χ1v) is 6.28. The van der Waals surface area contributed by atoms with E-state index >= 15 is 0 Å². The topological polar surface area (TPSA) is 63.2 Å². The van der Waals surface area contributed by atoms with E-state index < -0.39 is 0 Å². The molecular weight excluding hydrogens is 254 g/mol. The van der Waals surface area contributed by atoms with Crippen LogP contribution in [0.2, 0.25) is 0 Å². The summed E-state index contributed by atoms with van der Waals surface area (Å²) >= 11 is 0. The summed E-state index contributed by atoms with van der Waals surface area (Å²) in [6.45, 7) is 0.472. The number of benzene rings is 1. The molecule has 104 valence electrons. The number of ether oxygens (including phenoxy) is 1. The summed E-state index contributed by atoms with van der Waals surface area (Å²) < 4.78 is 5.09. The van der Waals surface area contributed by atoms with Crippen LogP contribution in [0.15, 0.2) is 42.6 Å². The van der Waals surface area contributed by atoms with Crippen molar-refractivity contribution in [2.75, 3.05) is 19.5 Å². The van der Waals surface area contributed by atoms with E-state index in [1.807, 2.05) is 24.3 Å². The fourth-order valence-electron chi connectivity index (χ4n) is 1.74. The summed E-state index contributed by atoms with van der Waals surface area (Å²) in [5.74, 6) is 1.34. The Kier molecular flexibility index (Phi) is 4.55. The van der Waals surface area contributed by atoms with E-state index in [0.717, 1.165) is 11.3 Å². The molecule has 0 aliphatic rings. The van der Waals surface area contributed by atoms with Crippen LogP contribution in [0.3, 0.4) is 0 Å². The number of carbonyl (C=O) groups excluding carboxylic acids is 1. The van der Waals surface area contributed by atoms with E-state index in [-0.39, 0.29) is 5.91 Å². The lowest BCUT2D eigenvalue weighted by atomic mass is 10.2. The van der Waals surface area contributed by atoms with Gasteiger partial charge in [-0.05, 0) is 29.8 Å². The van der Waals surface area contributed by atoms with Gasteiger partial charge in [0, 0.05) is 25.4 Å². The van der Waals surface area contributed by atoms with Gasteiger partial charge in [0.15, 0.2) is 0 Å². The van der Waals surface area contributed by atoms with Crippen LogP contribution in [0.1, 0.15) is 15.9 Å². The third-order valence-corrected chi connectivity index (χ3v) is 2.89. The van der Waals surface area contributed by atoms with Gasteiger partial charge in [0.1, 0.15) is 11.6 Å². The van der Waals surface area contributed by atoms with E-state index in [1.54, 1.807) is 32.5 Å². The lowest BCUT2D eigenvalue weighted by molar-refractivity contribution is 0.0951. The Hall–Kier alpha value is -2.56. The molecule has 2 rings (SSSR count). The lowest BCUT2D eigenvalue weighted by Crippen LogP contribution is -2.22. The molecule has 20 heavy (non-hydrogen) atoms. The third-order valence-electron chi connectivity index (χ3n) is 2.89. The van der Waals surface area contributed by atoms with Crippen molar-refractivity contribution in [2.24, 2.45) is 0 Å². The summed E-state index contributed by atoms with van der Waals surface area (Å²) in [6.07, 6.45) is 1.61. The number of nitrogens with one attached hydrogen (secondary N) is 2. The third kappa shape index (κ3) is 3.47. The Morgan fingerprint density at radius 2 is 2.00 bits per heavy atom. The molecule has 0 radical (unpaired) electrons. The Morgan fingerprint density at radius 1 is 1.25 bits per heavy atom. The molecule has 1 aromatic carbocycles. The molecule has 0 bridgehead atoms. The number of rotatable bonds is 5. The molecule has 0 unspecified atom stereocenters. The Labute approximate surface area is 118 Å². The predicted octanol–water partition coefficient (Wildman–Crippen LogP) is 2.06. The van der Waals surface area contributed by atoms with E-state index in [2.05, 4.69) is 15.6 Å². The lowest BCUT2D eigenvalue weighted by Gasteiger charge is -2.07. The molecule has 0 atom stereocenters. The highest BCUT2D eigenvalue weighted by Gasteiger charge is 2.06. The second-order valence-corrected chi connectivity index (χ2v) is 4.21. The van der Waals surface area contributed by atoms with Gasteiger partial charge in [0.2, 0.25) is 0 Å². The van der Waals surface area contributed by atoms with Crippen LogP contribution < -0.4 is 15.4 Å². The normalized spacial score (nSPS) is 9.90. The number of aromatic nitrogens is 1. The molecule has 0 saturated carbocycles. The van der Waals surface area contributed by atoms with Crippen LogP contribution in [0.5, 0.6) is 5.75 Å². The highest BCUT2D eigenvalue weighted by Crippen LogP contribution is 2.11. The molecule has 2 aromatic rings. The first-order valence-electron chi connectivity index (χ1n) is 6.28. The molecule has 0 spiro atoms. The van der Waals surface area contributed by atoms with E-state index in [4.69, 9.17) is 4.74 Å². The van der Waals surface area contributed by atoms with Crippen molar-refractivity contribution in [3.05, 3.63) is 53.7 Å². The molecule has 5 nitrogen and oxygen atoms in total. The number of hydrogen-bond donors (Lipinski definition) is 2. The van der Waals surface area contributed by atoms with Gasteiger partial charge in [-0.1, -0.05) is 12.1 Å². The minimum absolute atomic E-state index is 0.125. The Balaban J connectivity index is 1.97. The first-order chi connectivity index (χ1) is 9.72. The average molecular weight is 271 g/mol. The van der Waals surface area contributed by atoms with Crippen molar-refractivity contribution in [2.45, 2.75) is 6.54 Å². The summed E-state index contributed by atoms with van der Waals surface area (Å²) in [7, 11) is 3.39. The minimum atomic E-state index is -0.125. The fraction of sp³-hybridized carbons (Fsp3) is 0.200. The van der Waals surface area contributed by atoms with E-state index in [0.29, 0.717) is 17.9 Å². The monoisotopic (exact) mass is 271 g/mol. The number of carbonyl (C=O) groups is 1. The molecule has 0 fully saturated rings. The van der Waals surface area contributed by atoms with E-state index in [1.165, 1.54) is 0 Å². The SMILES string of the molecule is CNc1cc(C(=O)NCc2ccc(OC)cc2)ccn1. The summed E-state index contributed by atoms with van der Waals surface area (Å²) in [6, 6.07) is 11.0. The molecule has 0 aliphatic heterocycles. The highest BCUT2D eigenvalue weighted by molar-refractivity contribution is 5.94. The maximum Gasteiger partial charge on any atom is 0.251 e. The number of methoxy groups -OCH3 is 1. The number of pyridine rings is 1. The molecule has 0 aliphatic carbocycles. The predicted molar refractivity (Wildman–Crippen MR) is 77.9 cm³/mol. The first kappa shape index (κ1) is 13.9. The zero-order chi connectivity index (χ0) is 14.4. The van der Waals surface area contributed by atoms with Crippen LogP contribution in [0.25, 0.3) is 0 Å². The van der Waals surface area contributed by atoms with Gasteiger partial charge in [-0.15, -0.1) is 0 Å². The van der Waals surface area contributed by atoms with Crippen LogP contribution in [-0.4, -0.2) is 25.0 Å². The smallest absolute Gasteiger partial charge is 0.251 e. The Morgan fingerprint density at radius 3 is 2.65 bits per heavy atom. The van der Waals surface area contributed by atoms with Crippen molar-refractivity contribution in [3.8, 4) is 5.75 Å². The van der Waals surface area contributed by atoms with Crippen molar-refractivity contribution in [1.29, 1.82) is 0 Å². The van der Waals surface area contributed by atoms with Crippen LogP contribution in [0, 0.1) is 0 Å². The van der Waals surface area contributed by atoms with Gasteiger partial charge < -0.3 is 15.4 Å². The number of anilines is 1. The van der Waals surface area contributed by atoms with Crippen molar-refractivity contribution in [3.63, 3.8) is 0 Å².